The minimum Gasteiger partial charge on any atom is -0.394 e. The van der Waals surface area contributed by atoms with Crippen LogP contribution < -0.4 is 0 Å². The van der Waals surface area contributed by atoms with Gasteiger partial charge in [0.25, 0.3) is 0 Å². The van der Waals surface area contributed by atoms with Gasteiger partial charge in [0.1, 0.15) is 5.37 Å². The second-order valence-corrected chi connectivity index (χ2v) is 5.69. The number of aryl methyl sites for hydroxylation is 1. The zero-order valence-corrected chi connectivity index (χ0v) is 11.6. The molecule has 1 amide bonds. The van der Waals surface area contributed by atoms with Gasteiger partial charge in [-0.3, -0.25) is 4.79 Å². The van der Waals surface area contributed by atoms with Crippen LogP contribution >= 0.6 is 11.8 Å². The molecule has 2 atom stereocenters. The smallest absolute Gasteiger partial charge is 0.234 e. The molecule has 0 aliphatic carbocycles. The van der Waals surface area contributed by atoms with Gasteiger partial charge in [0.15, 0.2) is 0 Å². The zero-order chi connectivity index (χ0) is 13.1. The van der Waals surface area contributed by atoms with Crippen molar-refractivity contribution in [2.75, 3.05) is 12.4 Å². The molecule has 1 aromatic carbocycles. The molecular weight excluding hydrogens is 246 g/mol. The van der Waals surface area contributed by atoms with Gasteiger partial charge in [0.05, 0.1) is 18.4 Å². The minimum atomic E-state index is -0.0706. The average molecular weight is 265 g/mol. The summed E-state index contributed by atoms with van der Waals surface area (Å²) in [5.74, 6) is 0.640. The molecule has 0 radical (unpaired) electrons. The van der Waals surface area contributed by atoms with Gasteiger partial charge in [-0.25, -0.2) is 0 Å². The number of carbonyl (C=O) groups excluding carboxylic acids is 1. The molecule has 98 valence electrons. The normalized spacial score (nSPS) is 21.4. The van der Waals surface area contributed by atoms with Crippen LogP contribution in [0.4, 0.5) is 0 Å². The van der Waals surface area contributed by atoms with E-state index in [1.165, 1.54) is 5.56 Å². The van der Waals surface area contributed by atoms with Gasteiger partial charge in [-0.05, 0) is 18.9 Å². The van der Waals surface area contributed by atoms with Gasteiger partial charge in [0.2, 0.25) is 5.91 Å². The fourth-order valence-electron chi connectivity index (χ4n) is 2.23. The summed E-state index contributed by atoms with van der Waals surface area (Å²) in [6, 6.07) is 8.21. The van der Waals surface area contributed by atoms with E-state index in [2.05, 4.69) is 31.2 Å². The number of thioether (sulfide) groups is 1. The van der Waals surface area contributed by atoms with Crippen LogP contribution in [0.2, 0.25) is 0 Å². The minimum absolute atomic E-state index is 0.0329. The van der Waals surface area contributed by atoms with Crippen LogP contribution in [0.1, 0.15) is 29.8 Å². The standard InChI is InChI=1S/C14H19NO2S/c1-3-12(8-16)15-13(17)9-18-14(15)11-6-4-10(2)5-7-11/h4-7,12,14,16H,3,8-9H2,1-2H3/t12-,14-/m0/s1. The number of benzene rings is 1. The molecule has 3 nitrogen and oxygen atoms in total. The first kappa shape index (κ1) is 13.4. The maximum atomic E-state index is 12.0. The molecule has 0 unspecified atom stereocenters. The zero-order valence-electron chi connectivity index (χ0n) is 10.8. The van der Waals surface area contributed by atoms with Crippen molar-refractivity contribution < 1.29 is 9.90 Å². The Labute approximate surface area is 112 Å². The number of rotatable bonds is 4. The highest BCUT2D eigenvalue weighted by atomic mass is 32.2. The predicted molar refractivity (Wildman–Crippen MR) is 74.4 cm³/mol. The average Bonchev–Trinajstić information content (AvgIpc) is 2.75. The molecule has 0 spiro atoms. The highest BCUT2D eigenvalue weighted by Crippen LogP contribution is 2.40. The van der Waals surface area contributed by atoms with E-state index in [1.54, 1.807) is 11.8 Å². The molecule has 1 aromatic rings. The summed E-state index contributed by atoms with van der Waals surface area (Å²) >= 11 is 1.64. The number of amides is 1. The second kappa shape index (κ2) is 5.76. The van der Waals surface area contributed by atoms with Crippen LogP contribution in [0.5, 0.6) is 0 Å². The van der Waals surface area contributed by atoms with E-state index in [0.29, 0.717) is 5.75 Å². The van der Waals surface area contributed by atoms with Crippen LogP contribution in [0.3, 0.4) is 0 Å². The van der Waals surface area contributed by atoms with Crippen molar-refractivity contribution in [3.05, 3.63) is 35.4 Å². The topological polar surface area (TPSA) is 40.5 Å². The van der Waals surface area contributed by atoms with Crippen molar-refractivity contribution in [3.63, 3.8) is 0 Å². The Kier molecular flexibility index (Phi) is 4.30. The first-order valence-electron chi connectivity index (χ1n) is 6.27. The van der Waals surface area contributed by atoms with Crippen LogP contribution in [-0.4, -0.2) is 34.3 Å². The fourth-order valence-corrected chi connectivity index (χ4v) is 3.48. The molecule has 2 rings (SSSR count). The Bertz CT molecular complexity index is 414. The van der Waals surface area contributed by atoms with Gasteiger partial charge in [-0.2, -0.15) is 0 Å². The summed E-state index contributed by atoms with van der Waals surface area (Å²) in [6.45, 7) is 4.09. The molecule has 4 heteroatoms. The Balaban J connectivity index is 2.26. The molecule has 1 heterocycles. The number of aliphatic hydroxyl groups excluding tert-OH is 1. The van der Waals surface area contributed by atoms with E-state index >= 15 is 0 Å². The summed E-state index contributed by atoms with van der Waals surface area (Å²) in [5.41, 5.74) is 2.36. The van der Waals surface area contributed by atoms with Gasteiger partial charge >= 0.3 is 0 Å². The Morgan fingerprint density at radius 2 is 2.11 bits per heavy atom. The molecule has 18 heavy (non-hydrogen) atoms. The van der Waals surface area contributed by atoms with Crippen LogP contribution in [0.25, 0.3) is 0 Å². The molecule has 1 fully saturated rings. The summed E-state index contributed by atoms with van der Waals surface area (Å²) in [7, 11) is 0. The first-order chi connectivity index (χ1) is 8.67. The van der Waals surface area contributed by atoms with E-state index in [4.69, 9.17) is 0 Å². The third kappa shape index (κ3) is 2.54. The van der Waals surface area contributed by atoms with Gasteiger partial charge < -0.3 is 10.0 Å². The van der Waals surface area contributed by atoms with Crippen LogP contribution in [0.15, 0.2) is 24.3 Å². The molecule has 1 aliphatic heterocycles. The lowest BCUT2D eigenvalue weighted by Gasteiger charge is -2.31. The molecule has 0 saturated carbocycles. The van der Waals surface area contributed by atoms with E-state index in [9.17, 15) is 9.90 Å². The number of hydrogen-bond acceptors (Lipinski definition) is 3. The lowest BCUT2D eigenvalue weighted by atomic mass is 10.1. The Hall–Kier alpha value is -1.00. The van der Waals surface area contributed by atoms with Crippen molar-refractivity contribution in [1.29, 1.82) is 0 Å². The van der Waals surface area contributed by atoms with Crippen LogP contribution in [0, 0.1) is 6.92 Å². The summed E-state index contributed by atoms with van der Waals surface area (Å²) in [5, 5.41) is 9.46. The van der Waals surface area contributed by atoms with Gasteiger partial charge in [-0.15, -0.1) is 11.8 Å². The number of aliphatic hydroxyl groups is 1. The summed E-state index contributed by atoms with van der Waals surface area (Å²) in [4.78, 5) is 13.8. The largest absolute Gasteiger partial charge is 0.394 e. The number of nitrogens with zero attached hydrogens (tertiary/aromatic N) is 1. The van der Waals surface area contributed by atoms with Crippen molar-refractivity contribution >= 4 is 17.7 Å². The van der Waals surface area contributed by atoms with E-state index in [-0.39, 0.29) is 23.9 Å². The monoisotopic (exact) mass is 265 g/mol. The number of carbonyl (C=O) groups is 1. The quantitative estimate of drug-likeness (QED) is 0.908. The maximum absolute atomic E-state index is 12.0. The lowest BCUT2D eigenvalue weighted by molar-refractivity contribution is -0.131. The third-order valence-corrected chi connectivity index (χ3v) is 4.57. The molecular formula is C14H19NO2S. The lowest BCUT2D eigenvalue weighted by Crippen LogP contribution is -2.40. The highest BCUT2D eigenvalue weighted by molar-refractivity contribution is 8.00. The van der Waals surface area contributed by atoms with Gasteiger partial charge in [-0.1, -0.05) is 36.8 Å². The van der Waals surface area contributed by atoms with E-state index < -0.39 is 0 Å². The molecule has 0 aromatic heterocycles. The maximum Gasteiger partial charge on any atom is 0.234 e. The van der Waals surface area contributed by atoms with Crippen molar-refractivity contribution in [1.82, 2.24) is 4.90 Å². The van der Waals surface area contributed by atoms with E-state index in [0.717, 1.165) is 12.0 Å². The van der Waals surface area contributed by atoms with E-state index in [1.807, 2.05) is 11.8 Å². The number of hydrogen-bond donors (Lipinski definition) is 1. The third-order valence-electron chi connectivity index (χ3n) is 3.34. The van der Waals surface area contributed by atoms with Crippen molar-refractivity contribution in [2.24, 2.45) is 0 Å². The Morgan fingerprint density at radius 1 is 1.44 bits per heavy atom. The van der Waals surface area contributed by atoms with Crippen molar-refractivity contribution in [2.45, 2.75) is 31.7 Å². The SMILES string of the molecule is CC[C@@H](CO)N1C(=O)CS[C@H]1c1ccc(C)cc1. The fraction of sp³-hybridized carbons (Fsp3) is 0.500. The molecule has 1 saturated heterocycles. The molecule has 1 aliphatic rings. The first-order valence-corrected chi connectivity index (χ1v) is 7.32. The van der Waals surface area contributed by atoms with Crippen molar-refractivity contribution in [3.8, 4) is 0 Å². The molecule has 1 N–H and O–H groups in total. The predicted octanol–water partition coefficient (Wildman–Crippen LogP) is 2.34. The van der Waals surface area contributed by atoms with Gasteiger partial charge in [0, 0.05) is 0 Å². The Morgan fingerprint density at radius 3 is 2.67 bits per heavy atom. The highest BCUT2D eigenvalue weighted by Gasteiger charge is 2.36. The van der Waals surface area contributed by atoms with Crippen LogP contribution in [-0.2, 0) is 4.79 Å². The summed E-state index contributed by atoms with van der Waals surface area (Å²) in [6.07, 6.45) is 0.783. The summed E-state index contributed by atoms with van der Waals surface area (Å²) < 4.78 is 0. The second-order valence-electron chi connectivity index (χ2n) is 4.62. The molecule has 0 bridgehead atoms.